The molecule has 0 radical (unpaired) electrons. The molecule has 0 bridgehead atoms. The minimum atomic E-state index is -0.535. The highest BCUT2D eigenvalue weighted by Crippen LogP contribution is 2.13. The second-order valence-corrected chi connectivity index (χ2v) is 6.49. The number of hydrazine groups is 1. The summed E-state index contributed by atoms with van der Waals surface area (Å²) in [6, 6.07) is 18.1. The Labute approximate surface area is 165 Å². The normalized spacial score (nSPS) is 10.9. The Kier molecular flexibility index (Phi) is 4.82. The van der Waals surface area contributed by atoms with Gasteiger partial charge in [-0.05, 0) is 31.2 Å². The van der Waals surface area contributed by atoms with Gasteiger partial charge in [0.15, 0.2) is 0 Å². The lowest BCUT2D eigenvalue weighted by Gasteiger charge is -2.08. The molecule has 4 rings (SSSR count). The highest BCUT2D eigenvalue weighted by atomic mass is 16.2. The average Bonchev–Trinajstić information content (AvgIpc) is 3.02. The third kappa shape index (κ3) is 3.47. The highest BCUT2D eigenvalue weighted by molar-refractivity contribution is 5.96. The second kappa shape index (κ2) is 7.59. The molecule has 8 nitrogen and oxygen atoms in total. The number of hydrogen-bond donors (Lipinski definition) is 2. The first-order chi connectivity index (χ1) is 14.1. The largest absolute Gasteiger partial charge is 0.329 e. The number of benzene rings is 2. The van der Waals surface area contributed by atoms with Crippen molar-refractivity contribution in [2.45, 2.75) is 20.0 Å². The maximum atomic E-state index is 12.6. The molecule has 0 aliphatic heterocycles. The zero-order valence-corrected chi connectivity index (χ0v) is 15.8. The van der Waals surface area contributed by atoms with Crippen molar-refractivity contribution in [3.05, 3.63) is 76.8 Å². The molecule has 29 heavy (non-hydrogen) atoms. The van der Waals surface area contributed by atoms with Gasteiger partial charge in [0, 0.05) is 11.9 Å². The number of aromatic nitrogens is 3. The number of imidazole rings is 1. The Balaban J connectivity index is 1.48. The molecule has 8 heteroatoms. The van der Waals surface area contributed by atoms with Crippen LogP contribution in [0.3, 0.4) is 0 Å². The summed E-state index contributed by atoms with van der Waals surface area (Å²) in [4.78, 5) is 41.5. The summed E-state index contributed by atoms with van der Waals surface area (Å²) in [5, 5.41) is 0.916. The highest BCUT2D eigenvalue weighted by Gasteiger charge is 2.15. The topological polar surface area (TPSA) is 98.0 Å². The number of para-hydroxylation sites is 3. The zero-order valence-electron chi connectivity index (χ0n) is 15.8. The number of amides is 2. The predicted octanol–water partition coefficient (Wildman–Crippen LogP) is 1.83. The third-order valence-corrected chi connectivity index (χ3v) is 4.69. The van der Waals surface area contributed by atoms with Crippen LogP contribution in [0.25, 0.3) is 21.9 Å². The van der Waals surface area contributed by atoms with E-state index in [1.54, 1.807) is 28.8 Å². The Morgan fingerprint density at radius 3 is 2.34 bits per heavy atom. The second-order valence-electron chi connectivity index (χ2n) is 6.49. The van der Waals surface area contributed by atoms with Crippen molar-refractivity contribution in [1.29, 1.82) is 0 Å². The van der Waals surface area contributed by atoms with Gasteiger partial charge in [-0.25, -0.2) is 9.78 Å². The SMILES string of the molecule is CCn1c(=O)n(CC(=O)NNC(=O)c2ccc3ccccc3n2)c2ccccc21. The van der Waals surface area contributed by atoms with E-state index in [1.807, 2.05) is 43.3 Å². The van der Waals surface area contributed by atoms with Crippen molar-refractivity contribution >= 4 is 33.8 Å². The van der Waals surface area contributed by atoms with Crippen molar-refractivity contribution in [1.82, 2.24) is 25.0 Å². The summed E-state index contributed by atoms with van der Waals surface area (Å²) in [5.41, 5.74) is 6.72. The summed E-state index contributed by atoms with van der Waals surface area (Å²) in [6.07, 6.45) is 0. The smallest absolute Gasteiger partial charge is 0.292 e. The standard InChI is InChI=1S/C21H19N5O3/c1-2-25-17-9-5-6-10-18(17)26(21(25)29)13-19(27)23-24-20(28)16-12-11-14-7-3-4-8-15(14)22-16/h3-12H,2,13H2,1H3,(H,23,27)(H,24,28). The lowest BCUT2D eigenvalue weighted by atomic mass is 10.2. The van der Waals surface area contributed by atoms with Crippen LogP contribution in [0.1, 0.15) is 17.4 Å². The summed E-state index contributed by atoms with van der Waals surface area (Å²) in [6.45, 7) is 2.16. The molecule has 0 fully saturated rings. The molecule has 0 spiro atoms. The van der Waals surface area contributed by atoms with E-state index < -0.39 is 11.8 Å². The van der Waals surface area contributed by atoms with Crippen LogP contribution in [0, 0.1) is 0 Å². The van der Waals surface area contributed by atoms with Crippen LogP contribution >= 0.6 is 0 Å². The minimum Gasteiger partial charge on any atom is -0.292 e. The van der Waals surface area contributed by atoms with Crippen LogP contribution < -0.4 is 16.5 Å². The first kappa shape index (κ1) is 18.4. The molecule has 0 saturated carbocycles. The Bertz CT molecular complexity index is 1290. The fraction of sp³-hybridized carbons (Fsp3) is 0.143. The van der Waals surface area contributed by atoms with E-state index in [4.69, 9.17) is 0 Å². The summed E-state index contributed by atoms with van der Waals surface area (Å²) < 4.78 is 2.98. The van der Waals surface area contributed by atoms with E-state index in [9.17, 15) is 14.4 Å². The first-order valence-corrected chi connectivity index (χ1v) is 9.21. The number of fused-ring (bicyclic) bond motifs is 2. The fourth-order valence-electron chi connectivity index (χ4n) is 3.30. The van der Waals surface area contributed by atoms with Crippen molar-refractivity contribution in [2.24, 2.45) is 0 Å². The molecule has 2 N–H and O–H groups in total. The molecule has 0 aliphatic rings. The first-order valence-electron chi connectivity index (χ1n) is 9.21. The van der Waals surface area contributed by atoms with Gasteiger partial charge in [0.05, 0.1) is 16.6 Å². The maximum absolute atomic E-state index is 12.6. The Hall–Kier alpha value is -3.94. The molecule has 0 atom stereocenters. The van der Waals surface area contributed by atoms with Gasteiger partial charge in [-0.3, -0.25) is 29.6 Å². The molecule has 0 saturated heterocycles. The van der Waals surface area contributed by atoms with Crippen LogP contribution in [0.2, 0.25) is 0 Å². The van der Waals surface area contributed by atoms with Crippen molar-refractivity contribution < 1.29 is 9.59 Å². The van der Waals surface area contributed by atoms with Crippen LogP contribution in [0.4, 0.5) is 0 Å². The lowest BCUT2D eigenvalue weighted by Crippen LogP contribution is -2.44. The number of carbonyl (C=O) groups excluding carboxylic acids is 2. The molecule has 0 unspecified atom stereocenters. The zero-order chi connectivity index (χ0) is 20.4. The summed E-state index contributed by atoms with van der Waals surface area (Å²) in [5.74, 6) is -1.05. The van der Waals surface area contributed by atoms with Crippen molar-refractivity contribution in [2.75, 3.05) is 0 Å². The molecule has 4 aromatic rings. The fourth-order valence-corrected chi connectivity index (χ4v) is 3.30. The molecule has 2 aromatic heterocycles. The van der Waals surface area contributed by atoms with Crippen molar-refractivity contribution in [3.63, 3.8) is 0 Å². The molecule has 2 amide bonds. The minimum absolute atomic E-state index is 0.184. The van der Waals surface area contributed by atoms with Crippen LogP contribution in [0.15, 0.2) is 65.5 Å². The van der Waals surface area contributed by atoms with E-state index in [0.29, 0.717) is 17.6 Å². The van der Waals surface area contributed by atoms with Gasteiger partial charge in [0.2, 0.25) is 0 Å². The van der Waals surface area contributed by atoms with Gasteiger partial charge in [0.1, 0.15) is 12.2 Å². The van der Waals surface area contributed by atoms with E-state index in [1.165, 1.54) is 4.57 Å². The third-order valence-electron chi connectivity index (χ3n) is 4.69. The number of aryl methyl sites for hydroxylation is 1. The van der Waals surface area contributed by atoms with Crippen LogP contribution in [0.5, 0.6) is 0 Å². The van der Waals surface area contributed by atoms with Gasteiger partial charge in [-0.1, -0.05) is 36.4 Å². The Morgan fingerprint density at radius 1 is 0.897 bits per heavy atom. The summed E-state index contributed by atoms with van der Waals surface area (Å²) >= 11 is 0. The number of nitrogens with zero attached hydrogens (tertiary/aromatic N) is 3. The van der Waals surface area contributed by atoms with Gasteiger partial charge in [-0.15, -0.1) is 0 Å². The molecular formula is C21H19N5O3. The van der Waals surface area contributed by atoms with E-state index in [0.717, 1.165) is 10.9 Å². The number of carbonyl (C=O) groups is 2. The van der Waals surface area contributed by atoms with Gasteiger partial charge in [-0.2, -0.15) is 0 Å². The summed E-state index contributed by atoms with van der Waals surface area (Å²) in [7, 11) is 0. The number of nitrogens with one attached hydrogen (secondary N) is 2. The lowest BCUT2D eigenvalue weighted by molar-refractivity contribution is -0.122. The quantitative estimate of drug-likeness (QED) is 0.520. The number of rotatable bonds is 4. The van der Waals surface area contributed by atoms with E-state index in [2.05, 4.69) is 15.8 Å². The number of pyridine rings is 1. The van der Waals surface area contributed by atoms with E-state index in [-0.39, 0.29) is 17.9 Å². The average molecular weight is 389 g/mol. The van der Waals surface area contributed by atoms with Gasteiger partial charge >= 0.3 is 5.69 Å². The molecule has 146 valence electrons. The Morgan fingerprint density at radius 2 is 1.59 bits per heavy atom. The van der Waals surface area contributed by atoms with Gasteiger partial charge in [0.25, 0.3) is 11.8 Å². The number of hydrogen-bond acceptors (Lipinski definition) is 4. The molecule has 2 heterocycles. The maximum Gasteiger partial charge on any atom is 0.329 e. The monoisotopic (exact) mass is 389 g/mol. The molecule has 0 aliphatic carbocycles. The van der Waals surface area contributed by atoms with Crippen LogP contribution in [-0.4, -0.2) is 25.9 Å². The van der Waals surface area contributed by atoms with E-state index >= 15 is 0 Å². The van der Waals surface area contributed by atoms with Gasteiger partial charge < -0.3 is 0 Å². The molecule has 2 aromatic carbocycles. The van der Waals surface area contributed by atoms with Crippen molar-refractivity contribution in [3.8, 4) is 0 Å². The molecular weight excluding hydrogens is 370 g/mol. The predicted molar refractivity (Wildman–Crippen MR) is 109 cm³/mol. The van der Waals surface area contributed by atoms with Crippen LogP contribution in [-0.2, 0) is 17.9 Å².